The molecule has 1 saturated heterocycles. The summed E-state index contributed by atoms with van der Waals surface area (Å²) in [5.74, 6) is -2.19. The molecule has 0 spiro atoms. The van der Waals surface area contributed by atoms with Gasteiger partial charge in [-0.05, 0) is 35.4 Å². The van der Waals surface area contributed by atoms with Gasteiger partial charge in [0.05, 0.1) is 0 Å². The molecule has 0 aliphatic carbocycles. The van der Waals surface area contributed by atoms with E-state index in [-0.39, 0.29) is 11.7 Å². The van der Waals surface area contributed by atoms with Crippen LogP contribution in [0.15, 0.2) is 48.5 Å². The van der Waals surface area contributed by atoms with Gasteiger partial charge in [0.25, 0.3) is 5.91 Å². The van der Waals surface area contributed by atoms with E-state index in [1.807, 2.05) is 6.07 Å². The van der Waals surface area contributed by atoms with Gasteiger partial charge >= 0.3 is 17.9 Å². The van der Waals surface area contributed by atoms with Gasteiger partial charge in [-0.25, -0.2) is 4.39 Å². The van der Waals surface area contributed by atoms with Crippen molar-refractivity contribution in [2.24, 2.45) is 0 Å². The molecule has 1 heterocycles. The average Bonchev–Trinajstić information content (AvgIpc) is 2.86. The molecule has 1 aliphatic heterocycles. The number of carbonyl (C=O) groups excluding carboxylic acids is 4. The van der Waals surface area contributed by atoms with Crippen molar-refractivity contribution in [3.63, 3.8) is 0 Å². The normalized spacial score (nSPS) is 22.9. The van der Waals surface area contributed by atoms with E-state index in [2.05, 4.69) is 5.32 Å². The molecule has 198 valence electrons. The molecule has 0 saturated carbocycles. The molecule has 0 radical (unpaired) electrons. The number of alkyl halides is 1. The van der Waals surface area contributed by atoms with Crippen LogP contribution in [-0.2, 0) is 33.3 Å². The predicted molar refractivity (Wildman–Crippen MR) is 127 cm³/mol. The Morgan fingerprint density at radius 3 is 2.14 bits per heavy atom. The molecule has 1 aliphatic rings. The Bertz CT molecular complexity index is 1140. The smallest absolute Gasteiger partial charge is 0.303 e. The Hall–Kier alpha value is -3.99. The highest BCUT2D eigenvalue weighted by atomic mass is 19.1. The molecular formula is C26H28FNO9. The maximum Gasteiger partial charge on any atom is 0.303 e. The number of ether oxygens (including phenoxy) is 5. The van der Waals surface area contributed by atoms with Gasteiger partial charge in [-0.1, -0.05) is 24.3 Å². The maximum absolute atomic E-state index is 15.5. The fraction of sp³-hybridized carbons (Fsp3) is 0.385. The number of rotatable bonds is 8. The fourth-order valence-corrected chi connectivity index (χ4v) is 3.80. The van der Waals surface area contributed by atoms with Crippen molar-refractivity contribution in [1.29, 1.82) is 0 Å². The van der Waals surface area contributed by atoms with Crippen LogP contribution in [0.3, 0.4) is 0 Å². The summed E-state index contributed by atoms with van der Waals surface area (Å²) in [5.41, 5.74) is 2.05. The van der Waals surface area contributed by atoms with Crippen molar-refractivity contribution in [2.75, 3.05) is 13.7 Å². The minimum Gasteiger partial charge on any atom is -0.463 e. The van der Waals surface area contributed by atoms with Crippen LogP contribution in [0.1, 0.15) is 31.1 Å². The quantitative estimate of drug-likeness (QED) is 0.415. The van der Waals surface area contributed by atoms with E-state index < -0.39 is 55.3 Å². The highest BCUT2D eigenvalue weighted by molar-refractivity contribution is 5.95. The molecule has 3 rings (SSSR count). The molecule has 1 fully saturated rings. The van der Waals surface area contributed by atoms with E-state index in [1.165, 1.54) is 6.92 Å². The van der Waals surface area contributed by atoms with Crippen LogP contribution in [0.4, 0.5) is 4.39 Å². The lowest BCUT2D eigenvalue weighted by Gasteiger charge is -2.41. The highest BCUT2D eigenvalue weighted by Gasteiger charge is 2.52. The zero-order valence-corrected chi connectivity index (χ0v) is 20.8. The first-order valence-corrected chi connectivity index (χ1v) is 11.5. The first-order chi connectivity index (χ1) is 17.6. The summed E-state index contributed by atoms with van der Waals surface area (Å²) in [6, 6.07) is 13.6. The van der Waals surface area contributed by atoms with E-state index in [0.717, 1.165) is 25.0 Å². The van der Waals surface area contributed by atoms with Crippen molar-refractivity contribution < 1.29 is 47.3 Å². The van der Waals surface area contributed by atoms with Gasteiger partial charge in [0.2, 0.25) is 12.5 Å². The second-order valence-corrected chi connectivity index (χ2v) is 8.24. The lowest BCUT2D eigenvalue weighted by atomic mass is 9.99. The Kier molecular flexibility index (Phi) is 9.18. The van der Waals surface area contributed by atoms with E-state index in [0.29, 0.717) is 5.56 Å². The average molecular weight is 518 g/mol. The lowest BCUT2D eigenvalue weighted by Crippen LogP contribution is -2.61. The van der Waals surface area contributed by atoms with E-state index in [9.17, 15) is 19.2 Å². The maximum atomic E-state index is 15.5. The number of benzene rings is 2. The molecule has 2 aromatic carbocycles. The first-order valence-electron chi connectivity index (χ1n) is 11.5. The van der Waals surface area contributed by atoms with E-state index in [4.69, 9.17) is 23.7 Å². The largest absolute Gasteiger partial charge is 0.463 e. The van der Waals surface area contributed by atoms with Crippen molar-refractivity contribution in [2.45, 2.75) is 51.5 Å². The zero-order chi connectivity index (χ0) is 27.1. The van der Waals surface area contributed by atoms with Crippen molar-refractivity contribution in [1.82, 2.24) is 5.32 Å². The summed E-state index contributed by atoms with van der Waals surface area (Å²) in [5, 5.41) is 2.57. The van der Waals surface area contributed by atoms with Crippen LogP contribution in [0, 0.1) is 0 Å². The molecule has 1 N–H and O–H groups in total. The number of nitrogens with one attached hydrogen (secondary N) is 1. The summed E-state index contributed by atoms with van der Waals surface area (Å²) >= 11 is 0. The summed E-state index contributed by atoms with van der Waals surface area (Å²) in [7, 11) is 1.55. The molecule has 0 bridgehead atoms. The van der Waals surface area contributed by atoms with Crippen LogP contribution in [-0.4, -0.2) is 68.2 Å². The predicted octanol–water partition coefficient (Wildman–Crippen LogP) is 2.58. The number of amides is 1. The van der Waals surface area contributed by atoms with Crippen molar-refractivity contribution in [3.8, 4) is 16.9 Å². The zero-order valence-electron chi connectivity index (χ0n) is 20.8. The van der Waals surface area contributed by atoms with Crippen molar-refractivity contribution in [3.05, 3.63) is 54.1 Å². The Morgan fingerprint density at radius 2 is 1.54 bits per heavy atom. The summed E-state index contributed by atoms with van der Waals surface area (Å²) in [4.78, 5) is 46.6. The van der Waals surface area contributed by atoms with Crippen LogP contribution in [0.25, 0.3) is 11.1 Å². The molecule has 0 unspecified atom stereocenters. The molecule has 11 heteroatoms. The number of carbonyl (C=O) groups is 4. The van der Waals surface area contributed by atoms with Gasteiger partial charge in [-0.2, -0.15) is 0 Å². The fourth-order valence-electron chi connectivity index (χ4n) is 3.80. The monoisotopic (exact) mass is 517 g/mol. The van der Waals surface area contributed by atoms with Gasteiger partial charge in [0.15, 0.2) is 12.2 Å². The third-order valence-electron chi connectivity index (χ3n) is 5.42. The van der Waals surface area contributed by atoms with Gasteiger partial charge in [0, 0.05) is 33.4 Å². The molecule has 1 amide bonds. The molecule has 2 aromatic rings. The number of hydrogen-bond donors (Lipinski definition) is 1. The summed E-state index contributed by atoms with van der Waals surface area (Å²) in [6.45, 7) is 2.97. The van der Waals surface area contributed by atoms with Crippen LogP contribution >= 0.6 is 0 Å². The minimum atomic E-state index is -2.04. The van der Waals surface area contributed by atoms with Crippen LogP contribution in [0.2, 0.25) is 0 Å². The van der Waals surface area contributed by atoms with Gasteiger partial charge in [-0.15, -0.1) is 0 Å². The molecule has 10 nitrogen and oxygen atoms in total. The Labute approximate surface area is 213 Å². The third kappa shape index (κ3) is 7.26. The summed E-state index contributed by atoms with van der Waals surface area (Å²) < 4.78 is 42.1. The number of halogens is 1. The number of hydrogen-bond acceptors (Lipinski definition) is 9. The van der Waals surface area contributed by atoms with Crippen molar-refractivity contribution >= 4 is 23.8 Å². The molecule has 0 aromatic heterocycles. The Balaban J connectivity index is 1.82. The van der Waals surface area contributed by atoms with Crippen LogP contribution < -0.4 is 10.1 Å². The van der Waals surface area contributed by atoms with Gasteiger partial charge < -0.3 is 29.0 Å². The SMILES string of the molecule is CNC(=O)c1cccc(-c2ccc(O[C@H]3O[C@H](COC(C)=O)[C@@H](OC(C)=O)[C@H](OC(C)=O)[C@@H]3F)cc2)c1. The second kappa shape index (κ2) is 12.3. The van der Waals surface area contributed by atoms with E-state index in [1.54, 1.807) is 49.5 Å². The Morgan fingerprint density at radius 1 is 0.892 bits per heavy atom. The highest BCUT2D eigenvalue weighted by Crippen LogP contribution is 2.31. The lowest BCUT2D eigenvalue weighted by molar-refractivity contribution is -0.271. The molecular weight excluding hydrogens is 489 g/mol. The topological polar surface area (TPSA) is 126 Å². The van der Waals surface area contributed by atoms with Crippen LogP contribution in [0.5, 0.6) is 5.75 Å². The van der Waals surface area contributed by atoms with Gasteiger partial charge in [0.1, 0.15) is 18.5 Å². The first kappa shape index (κ1) is 27.6. The standard InChI is InChI=1S/C26H28FNO9/c1-14(29)33-13-21-23(34-15(2)30)24(35-16(3)31)22(27)26(37-21)36-20-10-8-17(9-11-20)18-6-5-7-19(12-18)25(32)28-4/h5-12,21-24,26H,13H2,1-4H3,(H,28,32)/t21-,22+,23-,24-,26+/m1/s1. The molecule has 5 atom stereocenters. The summed E-state index contributed by atoms with van der Waals surface area (Å²) in [6.07, 6.45) is -7.70. The van der Waals surface area contributed by atoms with Gasteiger partial charge in [-0.3, -0.25) is 19.2 Å². The minimum absolute atomic E-state index is 0.220. The third-order valence-corrected chi connectivity index (χ3v) is 5.42. The molecule has 37 heavy (non-hydrogen) atoms. The number of esters is 3. The second-order valence-electron chi connectivity index (χ2n) is 8.24. The van der Waals surface area contributed by atoms with E-state index >= 15 is 4.39 Å².